The number of nitrogens with zero attached hydrogens (tertiary/aromatic N) is 2. The maximum absolute atomic E-state index is 12.8. The quantitative estimate of drug-likeness (QED) is 0.455. The van der Waals surface area contributed by atoms with Crippen LogP contribution in [0.3, 0.4) is 0 Å². The lowest BCUT2D eigenvalue weighted by molar-refractivity contribution is -0.137. The van der Waals surface area contributed by atoms with Crippen LogP contribution in [0.2, 0.25) is 0 Å². The minimum atomic E-state index is -0.617. The Kier molecular flexibility index (Phi) is 7.42. The van der Waals surface area contributed by atoms with E-state index in [9.17, 15) is 9.59 Å². The minimum Gasteiger partial charge on any atom is -0.493 e. The highest BCUT2D eigenvalue weighted by Crippen LogP contribution is 2.42. The maximum atomic E-state index is 12.8. The van der Waals surface area contributed by atoms with Crippen LogP contribution >= 0.6 is 11.8 Å². The Morgan fingerprint density at radius 2 is 2.07 bits per heavy atom. The lowest BCUT2D eigenvalue weighted by atomic mass is 9.94. The van der Waals surface area contributed by atoms with Crippen molar-refractivity contribution in [1.82, 2.24) is 4.90 Å². The summed E-state index contributed by atoms with van der Waals surface area (Å²) in [4.78, 5) is 31.5. The monoisotopic (exact) mass is 432 g/mol. The first-order valence-corrected chi connectivity index (χ1v) is 11.1. The predicted octanol–water partition coefficient (Wildman–Crippen LogP) is 4.09. The molecule has 0 radical (unpaired) electrons. The Morgan fingerprint density at radius 3 is 2.77 bits per heavy atom. The highest BCUT2D eigenvalue weighted by atomic mass is 32.2. The molecule has 8 heteroatoms. The molecule has 2 aliphatic heterocycles. The van der Waals surface area contributed by atoms with Crippen LogP contribution in [-0.2, 0) is 14.3 Å². The molecule has 1 fully saturated rings. The summed E-state index contributed by atoms with van der Waals surface area (Å²) in [6, 6.07) is 4.91. The van der Waals surface area contributed by atoms with Crippen LogP contribution < -0.4 is 9.47 Å². The SMILES string of the molecule is CCCCCOc1ccc(C2C(C(=O)OC)=C(C)N=C3SCCC(=O)N32)cc1OC. The number of rotatable bonds is 8. The average Bonchev–Trinajstić information content (AvgIpc) is 2.75. The van der Waals surface area contributed by atoms with Gasteiger partial charge >= 0.3 is 5.97 Å². The number of ether oxygens (including phenoxy) is 3. The van der Waals surface area contributed by atoms with Gasteiger partial charge in [0.15, 0.2) is 16.7 Å². The van der Waals surface area contributed by atoms with Crippen molar-refractivity contribution in [3.8, 4) is 11.5 Å². The smallest absolute Gasteiger partial charge is 0.338 e. The largest absolute Gasteiger partial charge is 0.493 e. The van der Waals surface area contributed by atoms with Crippen LogP contribution in [0.1, 0.15) is 51.1 Å². The van der Waals surface area contributed by atoms with Crippen molar-refractivity contribution in [3.05, 3.63) is 35.0 Å². The highest BCUT2D eigenvalue weighted by molar-refractivity contribution is 8.14. The first-order valence-electron chi connectivity index (χ1n) is 10.1. The molecule has 0 aliphatic carbocycles. The van der Waals surface area contributed by atoms with Crippen molar-refractivity contribution in [2.45, 2.75) is 45.6 Å². The van der Waals surface area contributed by atoms with E-state index in [-0.39, 0.29) is 5.91 Å². The van der Waals surface area contributed by atoms with Gasteiger partial charge in [-0.15, -0.1) is 0 Å². The Morgan fingerprint density at radius 1 is 1.27 bits per heavy atom. The third-order valence-corrected chi connectivity index (χ3v) is 6.08. The van der Waals surface area contributed by atoms with Crippen molar-refractivity contribution >= 4 is 28.8 Å². The molecule has 1 aromatic rings. The van der Waals surface area contributed by atoms with Crippen LogP contribution in [-0.4, -0.2) is 48.5 Å². The second kappa shape index (κ2) is 10.0. The zero-order chi connectivity index (χ0) is 21.7. The van der Waals surface area contributed by atoms with E-state index in [1.807, 2.05) is 18.2 Å². The predicted molar refractivity (Wildman–Crippen MR) is 117 cm³/mol. The van der Waals surface area contributed by atoms with E-state index in [0.717, 1.165) is 24.8 Å². The van der Waals surface area contributed by atoms with Crippen molar-refractivity contribution in [1.29, 1.82) is 0 Å². The summed E-state index contributed by atoms with van der Waals surface area (Å²) in [6.07, 6.45) is 3.59. The number of aliphatic imine (C=N–C) groups is 1. The standard InChI is InChI=1S/C22H28N2O5S/c1-5-6-7-11-29-16-9-8-15(13-17(16)27-3)20-19(21(26)28-4)14(2)23-22-24(20)18(25)10-12-30-22/h8-9,13,20H,5-7,10-12H2,1-4H3. The summed E-state index contributed by atoms with van der Waals surface area (Å²) in [5, 5.41) is 0.611. The Labute approximate surface area is 181 Å². The van der Waals surface area contributed by atoms with E-state index in [4.69, 9.17) is 14.2 Å². The molecule has 0 bridgehead atoms. The average molecular weight is 433 g/mol. The van der Waals surface area contributed by atoms with Crippen LogP contribution in [0, 0.1) is 0 Å². The number of amidine groups is 1. The van der Waals surface area contributed by atoms with E-state index in [0.29, 0.717) is 46.7 Å². The van der Waals surface area contributed by atoms with E-state index in [1.165, 1.54) is 18.9 Å². The maximum Gasteiger partial charge on any atom is 0.338 e. The van der Waals surface area contributed by atoms with Gasteiger partial charge in [0.2, 0.25) is 5.91 Å². The number of thioether (sulfide) groups is 1. The van der Waals surface area contributed by atoms with E-state index in [1.54, 1.807) is 18.9 Å². The zero-order valence-electron chi connectivity index (χ0n) is 17.9. The molecule has 2 aliphatic rings. The molecule has 0 aromatic heterocycles. The summed E-state index contributed by atoms with van der Waals surface area (Å²) >= 11 is 1.52. The van der Waals surface area contributed by atoms with Gasteiger partial charge in [-0.3, -0.25) is 9.69 Å². The summed E-state index contributed by atoms with van der Waals surface area (Å²) in [5.41, 5.74) is 1.66. The number of hydrogen-bond acceptors (Lipinski definition) is 7. The van der Waals surface area contributed by atoms with Crippen molar-refractivity contribution < 1.29 is 23.8 Å². The second-order valence-electron chi connectivity index (χ2n) is 7.12. The molecule has 0 saturated carbocycles. The third-order valence-electron chi connectivity index (χ3n) is 5.12. The van der Waals surface area contributed by atoms with Gasteiger partial charge in [0.05, 0.1) is 38.1 Å². The van der Waals surface area contributed by atoms with Gasteiger partial charge in [-0.25, -0.2) is 9.79 Å². The molecule has 1 atom stereocenters. The van der Waals surface area contributed by atoms with Gasteiger partial charge in [0, 0.05) is 12.2 Å². The number of benzene rings is 1. The lowest BCUT2D eigenvalue weighted by Gasteiger charge is -2.38. The number of unbranched alkanes of at least 4 members (excludes halogenated alkanes) is 2. The number of carbonyl (C=O) groups excluding carboxylic acids is 2. The fourth-order valence-electron chi connectivity index (χ4n) is 3.59. The Hall–Kier alpha value is -2.48. The lowest BCUT2D eigenvalue weighted by Crippen LogP contribution is -2.45. The molecule has 0 N–H and O–H groups in total. The first-order chi connectivity index (χ1) is 14.5. The van der Waals surface area contributed by atoms with E-state index >= 15 is 0 Å². The van der Waals surface area contributed by atoms with Gasteiger partial charge in [-0.1, -0.05) is 37.6 Å². The third kappa shape index (κ3) is 4.48. The molecular weight excluding hydrogens is 404 g/mol. The zero-order valence-corrected chi connectivity index (χ0v) is 18.7. The molecular formula is C22H28N2O5S. The molecule has 1 saturated heterocycles. The molecule has 2 heterocycles. The van der Waals surface area contributed by atoms with E-state index in [2.05, 4.69) is 11.9 Å². The molecule has 7 nitrogen and oxygen atoms in total. The van der Waals surface area contributed by atoms with Crippen molar-refractivity contribution in [3.63, 3.8) is 0 Å². The highest BCUT2D eigenvalue weighted by Gasteiger charge is 2.41. The number of esters is 1. The second-order valence-corrected chi connectivity index (χ2v) is 8.18. The number of carbonyl (C=O) groups is 2. The number of methoxy groups -OCH3 is 2. The molecule has 1 aromatic carbocycles. The van der Waals surface area contributed by atoms with Crippen LogP contribution in [0.5, 0.6) is 11.5 Å². The van der Waals surface area contributed by atoms with Gasteiger partial charge in [-0.2, -0.15) is 0 Å². The van der Waals surface area contributed by atoms with Gasteiger partial charge in [0.25, 0.3) is 0 Å². The Bertz CT molecular complexity index is 880. The summed E-state index contributed by atoms with van der Waals surface area (Å²) < 4.78 is 16.4. The normalized spacial score (nSPS) is 18.7. The molecule has 1 unspecified atom stereocenters. The number of hydrogen-bond donors (Lipinski definition) is 0. The Balaban J connectivity index is 2.00. The van der Waals surface area contributed by atoms with Gasteiger partial charge in [-0.05, 0) is 31.0 Å². The van der Waals surface area contributed by atoms with Crippen LogP contribution in [0.4, 0.5) is 0 Å². The fourth-order valence-corrected chi connectivity index (χ4v) is 4.60. The molecule has 30 heavy (non-hydrogen) atoms. The molecule has 1 amide bonds. The number of amides is 1. The topological polar surface area (TPSA) is 77.4 Å². The van der Waals surface area contributed by atoms with Crippen LogP contribution in [0.25, 0.3) is 0 Å². The summed E-state index contributed by atoms with van der Waals surface area (Å²) in [7, 11) is 2.91. The van der Waals surface area contributed by atoms with Crippen molar-refractivity contribution in [2.24, 2.45) is 4.99 Å². The summed E-state index contributed by atoms with van der Waals surface area (Å²) in [6.45, 7) is 4.52. The molecule has 3 rings (SSSR count). The number of allylic oxidation sites excluding steroid dienone is 1. The van der Waals surface area contributed by atoms with E-state index < -0.39 is 12.0 Å². The summed E-state index contributed by atoms with van der Waals surface area (Å²) in [5.74, 6) is 1.32. The van der Waals surface area contributed by atoms with Crippen LogP contribution in [0.15, 0.2) is 34.5 Å². The fraction of sp³-hybridized carbons (Fsp3) is 0.500. The minimum absolute atomic E-state index is 0.0646. The number of fused-ring (bicyclic) bond motifs is 1. The molecule has 162 valence electrons. The van der Waals surface area contributed by atoms with Gasteiger partial charge < -0.3 is 14.2 Å². The molecule has 0 spiro atoms. The van der Waals surface area contributed by atoms with Crippen molar-refractivity contribution in [2.75, 3.05) is 26.6 Å². The first kappa shape index (κ1) is 22.2. The van der Waals surface area contributed by atoms with Gasteiger partial charge in [0.1, 0.15) is 0 Å².